The minimum absolute atomic E-state index is 0.303. The Hall–Kier alpha value is -1.14. The van der Waals surface area contributed by atoms with E-state index in [1.807, 2.05) is 0 Å². The number of rotatable bonds is 2. The highest BCUT2D eigenvalue weighted by molar-refractivity contribution is 5.66. The minimum atomic E-state index is -0.639. The van der Waals surface area contributed by atoms with Gasteiger partial charge in [0.2, 0.25) is 0 Å². The summed E-state index contributed by atoms with van der Waals surface area (Å²) in [5.41, 5.74) is 0. The average molecular weight is 217 g/mol. The molecule has 0 saturated carbocycles. The van der Waals surface area contributed by atoms with Crippen LogP contribution in [-0.2, 0) is 19.1 Å². The van der Waals surface area contributed by atoms with E-state index in [-0.39, 0.29) is 0 Å². The second-order valence-electron chi connectivity index (χ2n) is 3.49. The van der Waals surface area contributed by atoms with Gasteiger partial charge in [0.15, 0.2) is 12.5 Å². The van der Waals surface area contributed by atoms with Gasteiger partial charge in [-0.3, -0.25) is 9.59 Å². The van der Waals surface area contributed by atoms with Gasteiger partial charge in [-0.25, -0.2) is 5.32 Å². The molecule has 1 aliphatic rings. The van der Waals surface area contributed by atoms with Gasteiger partial charge in [0.1, 0.15) is 0 Å². The van der Waals surface area contributed by atoms with E-state index in [9.17, 15) is 14.7 Å². The van der Waals surface area contributed by atoms with E-state index in [1.165, 1.54) is 13.8 Å². The van der Waals surface area contributed by atoms with Crippen LogP contribution in [0, 0.1) is 0 Å². The predicted molar refractivity (Wildman–Crippen MR) is 49.5 cm³/mol. The molecular weight excluding hydrogens is 202 g/mol. The maximum absolute atomic E-state index is 10.7. The first-order valence-corrected chi connectivity index (χ1v) is 4.76. The monoisotopic (exact) mass is 217 g/mol. The van der Waals surface area contributed by atoms with Gasteiger partial charge >= 0.3 is 11.9 Å². The van der Waals surface area contributed by atoms with Gasteiger partial charge in [0.05, 0.1) is 6.10 Å². The van der Waals surface area contributed by atoms with Crippen molar-refractivity contribution in [1.29, 1.82) is 0 Å². The number of hydrogen-bond donors (Lipinski definition) is 2. The number of nitrogens with one attached hydrogen (secondary N) is 1. The van der Waals surface area contributed by atoms with E-state index < -0.39 is 30.5 Å². The molecule has 1 rings (SSSR count). The van der Waals surface area contributed by atoms with Gasteiger partial charge in [-0.1, -0.05) is 0 Å². The summed E-state index contributed by atoms with van der Waals surface area (Å²) in [6, 6.07) is 0. The summed E-state index contributed by atoms with van der Waals surface area (Å²) in [5.74, 6) is -0.883. The Bertz CT molecular complexity index is 231. The standard InChI is InChI=1S/C9H15NO5/c1-5(11)14-8-3-7(13)4-9(10-8)15-6(2)12/h7-10,13H,3-4H2,1-2H3. The van der Waals surface area contributed by atoms with E-state index in [4.69, 9.17) is 9.47 Å². The number of piperidine rings is 1. The van der Waals surface area contributed by atoms with Gasteiger partial charge in [0, 0.05) is 26.7 Å². The van der Waals surface area contributed by atoms with Crippen molar-refractivity contribution in [2.45, 2.75) is 45.2 Å². The lowest BCUT2D eigenvalue weighted by molar-refractivity contribution is -0.165. The third kappa shape index (κ3) is 4.26. The number of aliphatic hydroxyl groups is 1. The van der Waals surface area contributed by atoms with Gasteiger partial charge in [-0.2, -0.15) is 0 Å². The van der Waals surface area contributed by atoms with Crippen molar-refractivity contribution in [3.63, 3.8) is 0 Å². The van der Waals surface area contributed by atoms with Crippen LogP contribution in [-0.4, -0.2) is 35.6 Å². The molecule has 0 aliphatic carbocycles. The van der Waals surface area contributed by atoms with Crippen LogP contribution in [0.3, 0.4) is 0 Å². The zero-order valence-corrected chi connectivity index (χ0v) is 8.73. The third-order valence-electron chi connectivity index (χ3n) is 1.96. The first-order valence-electron chi connectivity index (χ1n) is 4.76. The topological polar surface area (TPSA) is 84.9 Å². The van der Waals surface area contributed by atoms with Crippen LogP contribution < -0.4 is 5.32 Å². The Labute approximate surface area is 87.5 Å². The minimum Gasteiger partial charge on any atom is -0.447 e. The van der Waals surface area contributed by atoms with Crippen LogP contribution in [0.5, 0.6) is 0 Å². The third-order valence-corrected chi connectivity index (χ3v) is 1.96. The molecule has 6 nitrogen and oxygen atoms in total. The quantitative estimate of drug-likeness (QED) is 0.607. The molecule has 0 aromatic heterocycles. The SMILES string of the molecule is CC(=O)OC1CC(O)CC(OC(C)=O)N1. The fraction of sp³-hybridized carbons (Fsp3) is 0.778. The smallest absolute Gasteiger partial charge is 0.304 e. The van der Waals surface area contributed by atoms with Crippen LogP contribution in [0.25, 0.3) is 0 Å². The van der Waals surface area contributed by atoms with Gasteiger partial charge < -0.3 is 14.6 Å². The summed E-state index contributed by atoms with van der Waals surface area (Å²) in [6.45, 7) is 2.56. The number of aliphatic hydroxyl groups excluding tert-OH is 1. The molecule has 6 heteroatoms. The Balaban J connectivity index is 2.47. The summed E-state index contributed by atoms with van der Waals surface area (Å²) in [7, 11) is 0. The second-order valence-corrected chi connectivity index (χ2v) is 3.49. The van der Waals surface area contributed by atoms with Crippen molar-refractivity contribution >= 4 is 11.9 Å². The number of ether oxygens (including phenoxy) is 2. The van der Waals surface area contributed by atoms with Crippen molar-refractivity contribution in [1.82, 2.24) is 5.32 Å². The zero-order valence-electron chi connectivity index (χ0n) is 8.73. The van der Waals surface area contributed by atoms with Crippen molar-refractivity contribution in [2.75, 3.05) is 0 Å². The lowest BCUT2D eigenvalue weighted by Gasteiger charge is -2.32. The molecule has 0 radical (unpaired) electrons. The highest BCUT2D eigenvalue weighted by atomic mass is 16.6. The van der Waals surface area contributed by atoms with Crippen molar-refractivity contribution in [2.24, 2.45) is 0 Å². The number of carbonyl (C=O) groups excluding carboxylic acids is 2. The van der Waals surface area contributed by atoms with E-state index in [0.717, 1.165) is 0 Å². The fourth-order valence-corrected chi connectivity index (χ4v) is 1.50. The second kappa shape index (κ2) is 5.09. The molecule has 1 fully saturated rings. The molecule has 2 atom stereocenters. The zero-order chi connectivity index (χ0) is 11.4. The normalized spacial score (nSPS) is 30.7. The molecule has 0 amide bonds. The molecule has 86 valence electrons. The number of hydrogen-bond acceptors (Lipinski definition) is 6. The maximum atomic E-state index is 10.7. The summed E-state index contributed by atoms with van der Waals surface area (Å²) in [5, 5.41) is 12.3. The molecular formula is C9H15NO5. The first-order chi connectivity index (χ1) is 6.97. The van der Waals surface area contributed by atoms with Crippen LogP contribution >= 0.6 is 0 Å². The van der Waals surface area contributed by atoms with Crippen LogP contribution in [0.4, 0.5) is 0 Å². The summed E-state index contributed by atoms with van der Waals surface area (Å²) >= 11 is 0. The van der Waals surface area contributed by atoms with Gasteiger partial charge in [-0.15, -0.1) is 0 Å². The summed E-state index contributed by atoms with van der Waals surface area (Å²) in [4.78, 5) is 21.4. The predicted octanol–water partition coefficient (Wildman–Crippen LogP) is -0.491. The lowest BCUT2D eigenvalue weighted by atomic mass is 10.1. The maximum Gasteiger partial charge on any atom is 0.304 e. The van der Waals surface area contributed by atoms with Crippen molar-refractivity contribution in [3.8, 4) is 0 Å². The van der Waals surface area contributed by atoms with Gasteiger partial charge in [-0.05, 0) is 0 Å². The molecule has 1 saturated heterocycles. The molecule has 15 heavy (non-hydrogen) atoms. The van der Waals surface area contributed by atoms with E-state index in [0.29, 0.717) is 12.8 Å². The Morgan fingerprint density at radius 3 is 1.87 bits per heavy atom. The van der Waals surface area contributed by atoms with Gasteiger partial charge in [0.25, 0.3) is 0 Å². The Kier molecular flexibility index (Phi) is 4.05. The van der Waals surface area contributed by atoms with Crippen molar-refractivity contribution in [3.05, 3.63) is 0 Å². The molecule has 1 heterocycles. The highest BCUT2D eigenvalue weighted by Crippen LogP contribution is 2.15. The molecule has 0 aromatic rings. The fourth-order valence-electron chi connectivity index (χ4n) is 1.50. The number of carbonyl (C=O) groups is 2. The Morgan fingerprint density at radius 1 is 1.13 bits per heavy atom. The van der Waals surface area contributed by atoms with E-state index in [2.05, 4.69) is 5.32 Å². The lowest BCUT2D eigenvalue weighted by Crippen LogP contribution is -2.50. The molecule has 0 bridgehead atoms. The van der Waals surface area contributed by atoms with Crippen LogP contribution in [0.2, 0.25) is 0 Å². The largest absolute Gasteiger partial charge is 0.447 e. The highest BCUT2D eigenvalue weighted by Gasteiger charge is 2.30. The Morgan fingerprint density at radius 2 is 1.53 bits per heavy atom. The molecule has 0 spiro atoms. The van der Waals surface area contributed by atoms with Crippen LogP contribution in [0.15, 0.2) is 0 Å². The summed E-state index contributed by atoms with van der Waals surface area (Å²) < 4.78 is 9.74. The van der Waals surface area contributed by atoms with E-state index in [1.54, 1.807) is 0 Å². The van der Waals surface area contributed by atoms with Crippen molar-refractivity contribution < 1.29 is 24.2 Å². The average Bonchev–Trinajstić information content (AvgIpc) is 1.98. The molecule has 2 unspecified atom stereocenters. The summed E-state index contributed by atoms with van der Waals surface area (Å²) in [6.07, 6.45) is -1.24. The number of esters is 2. The molecule has 2 N–H and O–H groups in total. The van der Waals surface area contributed by atoms with E-state index >= 15 is 0 Å². The molecule has 1 aliphatic heterocycles. The molecule has 0 aromatic carbocycles. The first kappa shape index (κ1) is 11.9. The van der Waals surface area contributed by atoms with Crippen LogP contribution in [0.1, 0.15) is 26.7 Å².